The van der Waals surface area contributed by atoms with Gasteiger partial charge in [-0.25, -0.2) is 13.8 Å². The number of aromatic nitrogens is 1. The monoisotopic (exact) mass is 263 g/mol. The Morgan fingerprint density at radius 1 is 1.17 bits per heavy atom. The predicted octanol–water partition coefficient (Wildman–Crippen LogP) is 4.35. The molecule has 0 saturated carbocycles. The maximum absolute atomic E-state index is 13.6. The number of halogens is 2. The minimum absolute atomic E-state index is 0.201. The summed E-state index contributed by atoms with van der Waals surface area (Å²) in [6.45, 7) is 0. The molecule has 1 aromatic carbocycles. The first kappa shape index (κ1) is 11.1. The number of oxazole rings is 1. The van der Waals surface area contributed by atoms with Gasteiger partial charge in [-0.3, -0.25) is 0 Å². The summed E-state index contributed by atoms with van der Waals surface area (Å²) in [5.41, 5.74) is 0.201. The van der Waals surface area contributed by atoms with E-state index in [4.69, 9.17) is 4.42 Å². The number of benzene rings is 1. The third kappa shape index (κ3) is 1.93. The molecule has 5 heteroatoms. The van der Waals surface area contributed by atoms with Crippen LogP contribution in [0.25, 0.3) is 22.1 Å². The summed E-state index contributed by atoms with van der Waals surface area (Å²) in [5.74, 6) is -0.558. The van der Waals surface area contributed by atoms with Crippen LogP contribution in [0.15, 0.2) is 46.3 Å². The molecule has 0 radical (unpaired) electrons. The molecule has 18 heavy (non-hydrogen) atoms. The SMILES string of the molecule is Fc1ccc(-c2cnc(-c3cccs3)o2)c(F)c1. The molecule has 2 aromatic heterocycles. The van der Waals surface area contributed by atoms with Crippen LogP contribution in [-0.2, 0) is 0 Å². The zero-order valence-electron chi connectivity index (χ0n) is 9.06. The first-order valence-electron chi connectivity index (χ1n) is 5.19. The van der Waals surface area contributed by atoms with Crippen LogP contribution in [0, 0.1) is 11.6 Å². The zero-order chi connectivity index (χ0) is 12.5. The molecule has 0 aliphatic rings. The van der Waals surface area contributed by atoms with E-state index in [0.717, 1.165) is 10.9 Å². The summed E-state index contributed by atoms with van der Waals surface area (Å²) >= 11 is 1.48. The average Bonchev–Trinajstić information content (AvgIpc) is 2.99. The van der Waals surface area contributed by atoms with Gasteiger partial charge in [0.2, 0.25) is 5.89 Å². The van der Waals surface area contributed by atoms with E-state index in [0.29, 0.717) is 5.89 Å². The van der Waals surface area contributed by atoms with Crippen LogP contribution < -0.4 is 0 Å². The average molecular weight is 263 g/mol. The van der Waals surface area contributed by atoms with Gasteiger partial charge < -0.3 is 4.42 Å². The standard InChI is InChI=1S/C13H7F2NOS/c14-8-3-4-9(10(15)6-8)11-7-16-13(17-11)12-2-1-5-18-12/h1-7H. The summed E-state index contributed by atoms with van der Waals surface area (Å²) in [4.78, 5) is 4.95. The number of hydrogen-bond acceptors (Lipinski definition) is 3. The molecule has 0 aliphatic heterocycles. The molecule has 0 spiro atoms. The molecule has 0 N–H and O–H groups in total. The van der Waals surface area contributed by atoms with Crippen LogP contribution >= 0.6 is 11.3 Å². The van der Waals surface area contributed by atoms with Gasteiger partial charge in [0.05, 0.1) is 16.6 Å². The second kappa shape index (κ2) is 4.34. The number of hydrogen-bond donors (Lipinski definition) is 0. The van der Waals surface area contributed by atoms with Crippen LogP contribution in [0.2, 0.25) is 0 Å². The third-order valence-corrected chi connectivity index (χ3v) is 3.29. The Kier molecular flexibility index (Phi) is 2.68. The normalized spacial score (nSPS) is 10.8. The molecule has 3 aromatic rings. The second-order valence-corrected chi connectivity index (χ2v) is 4.58. The molecule has 0 saturated heterocycles. The van der Waals surface area contributed by atoms with Gasteiger partial charge in [0.25, 0.3) is 0 Å². The van der Waals surface area contributed by atoms with E-state index >= 15 is 0 Å². The van der Waals surface area contributed by atoms with Crippen molar-refractivity contribution in [3.05, 3.63) is 53.5 Å². The van der Waals surface area contributed by atoms with Crippen molar-refractivity contribution in [3.63, 3.8) is 0 Å². The number of nitrogens with zero attached hydrogens (tertiary/aromatic N) is 1. The molecule has 0 amide bonds. The largest absolute Gasteiger partial charge is 0.435 e. The first-order chi connectivity index (χ1) is 8.74. The highest BCUT2D eigenvalue weighted by molar-refractivity contribution is 7.13. The van der Waals surface area contributed by atoms with Gasteiger partial charge in [0.1, 0.15) is 11.6 Å². The first-order valence-corrected chi connectivity index (χ1v) is 6.07. The second-order valence-electron chi connectivity index (χ2n) is 3.63. The van der Waals surface area contributed by atoms with Crippen molar-refractivity contribution in [2.75, 3.05) is 0 Å². The Morgan fingerprint density at radius 2 is 2.06 bits per heavy atom. The molecule has 0 fully saturated rings. The minimum atomic E-state index is -0.663. The highest BCUT2D eigenvalue weighted by atomic mass is 32.1. The molecule has 0 bridgehead atoms. The molecule has 0 atom stereocenters. The molecule has 2 nitrogen and oxygen atoms in total. The van der Waals surface area contributed by atoms with Crippen LogP contribution in [0.3, 0.4) is 0 Å². The van der Waals surface area contributed by atoms with Crippen LogP contribution in [0.4, 0.5) is 8.78 Å². The highest BCUT2D eigenvalue weighted by Crippen LogP contribution is 2.30. The van der Waals surface area contributed by atoms with E-state index in [-0.39, 0.29) is 11.3 Å². The Balaban J connectivity index is 2.03. The molecule has 0 aliphatic carbocycles. The smallest absolute Gasteiger partial charge is 0.236 e. The van der Waals surface area contributed by atoms with E-state index in [1.54, 1.807) is 0 Å². The molecule has 90 valence electrons. The maximum atomic E-state index is 13.6. The van der Waals surface area contributed by atoms with Crippen molar-refractivity contribution in [3.8, 4) is 22.1 Å². The van der Waals surface area contributed by atoms with E-state index in [1.807, 2.05) is 17.5 Å². The maximum Gasteiger partial charge on any atom is 0.236 e. The highest BCUT2D eigenvalue weighted by Gasteiger charge is 2.13. The fourth-order valence-electron chi connectivity index (χ4n) is 1.60. The molecule has 3 rings (SSSR count). The van der Waals surface area contributed by atoms with Crippen LogP contribution in [0.5, 0.6) is 0 Å². The summed E-state index contributed by atoms with van der Waals surface area (Å²) in [6, 6.07) is 7.08. The van der Waals surface area contributed by atoms with Crippen molar-refractivity contribution in [1.29, 1.82) is 0 Å². The zero-order valence-corrected chi connectivity index (χ0v) is 9.88. The lowest BCUT2D eigenvalue weighted by molar-refractivity contribution is 0.565. The van der Waals surface area contributed by atoms with Crippen LogP contribution in [0.1, 0.15) is 0 Å². The molecular weight excluding hydrogens is 256 g/mol. The summed E-state index contributed by atoms with van der Waals surface area (Å²) in [7, 11) is 0. The molecule has 2 heterocycles. The van der Waals surface area contributed by atoms with Crippen molar-refractivity contribution in [2.45, 2.75) is 0 Å². The van der Waals surface area contributed by atoms with Gasteiger partial charge in [-0.15, -0.1) is 11.3 Å². The predicted molar refractivity (Wildman–Crippen MR) is 65.2 cm³/mol. The third-order valence-electron chi connectivity index (χ3n) is 2.43. The Bertz CT molecular complexity index is 676. The fourth-order valence-corrected chi connectivity index (χ4v) is 2.26. The van der Waals surface area contributed by atoms with E-state index in [9.17, 15) is 8.78 Å². The summed E-state index contributed by atoms with van der Waals surface area (Å²) in [5, 5.41) is 1.90. The van der Waals surface area contributed by atoms with E-state index < -0.39 is 11.6 Å². The van der Waals surface area contributed by atoms with Gasteiger partial charge in [-0.2, -0.15) is 0 Å². The van der Waals surface area contributed by atoms with Gasteiger partial charge in [-0.1, -0.05) is 6.07 Å². The Labute approximate surface area is 106 Å². The van der Waals surface area contributed by atoms with Crippen molar-refractivity contribution in [1.82, 2.24) is 4.98 Å². The lowest BCUT2D eigenvalue weighted by atomic mass is 10.2. The van der Waals surface area contributed by atoms with Gasteiger partial charge in [0.15, 0.2) is 5.76 Å². The van der Waals surface area contributed by atoms with Gasteiger partial charge >= 0.3 is 0 Å². The van der Waals surface area contributed by atoms with Crippen molar-refractivity contribution < 1.29 is 13.2 Å². The lowest BCUT2D eigenvalue weighted by Crippen LogP contribution is -1.84. The topological polar surface area (TPSA) is 26.0 Å². The van der Waals surface area contributed by atoms with Gasteiger partial charge in [0, 0.05) is 6.07 Å². The van der Waals surface area contributed by atoms with E-state index in [2.05, 4.69) is 4.98 Å². The lowest BCUT2D eigenvalue weighted by Gasteiger charge is -1.98. The number of rotatable bonds is 2. The van der Waals surface area contributed by atoms with Gasteiger partial charge in [-0.05, 0) is 23.6 Å². The summed E-state index contributed by atoms with van der Waals surface area (Å²) in [6.07, 6.45) is 1.44. The van der Waals surface area contributed by atoms with Crippen LogP contribution in [-0.4, -0.2) is 4.98 Å². The fraction of sp³-hybridized carbons (Fsp3) is 0. The molecule has 0 unspecified atom stereocenters. The Hall–Kier alpha value is -2.01. The van der Waals surface area contributed by atoms with Crippen molar-refractivity contribution in [2.24, 2.45) is 0 Å². The minimum Gasteiger partial charge on any atom is -0.435 e. The van der Waals surface area contributed by atoms with Crippen molar-refractivity contribution >= 4 is 11.3 Å². The number of thiophene rings is 1. The molecular formula is C13H7F2NOS. The Morgan fingerprint density at radius 3 is 2.78 bits per heavy atom. The van der Waals surface area contributed by atoms with E-state index in [1.165, 1.54) is 29.7 Å². The summed E-state index contributed by atoms with van der Waals surface area (Å²) < 4.78 is 31.8. The quantitative estimate of drug-likeness (QED) is 0.687.